The van der Waals surface area contributed by atoms with Crippen molar-refractivity contribution in [2.24, 2.45) is 5.92 Å². The molecule has 126 valence electrons. The summed E-state index contributed by atoms with van der Waals surface area (Å²) in [5.74, 6) is -0.0111. The molecule has 5 nitrogen and oxygen atoms in total. The highest BCUT2D eigenvalue weighted by molar-refractivity contribution is 6.05. The van der Waals surface area contributed by atoms with E-state index in [2.05, 4.69) is 29.5 Å². The van der Waals surface area contributed by atoms with Crippen LogP contribution in [0.2, 0.25) is 0 Å². The summed E-state index contributed by atoms with van der Waals surface area (Å²) in [5.41, 5.74) is 2.48. The first-order valence-corrected chi connectivity index (χ1v) is 8.08. The zero-order valence-electron chi connectivity index (χ0n) is 14.3. The molecule has 2 aromatic rings. The van der Waals surface area contributed by atoms with E-state index in [0.29, 0.717) is 23.7 Å². The molecule has 1 aromatic heterocycles. The lowest BCUT2D eigenvalue weighted by atomic mass is 10.1. The molecule has 0 unspecified atom stereocenters. The number of carbonyl (C=O) groups excluding carboxylic acids is 2. The molecular weight excluding hydrogens is 302 g/mol. The van der Waals surface area contributed by atoms with Gasteiger partial charge in [-0.3, -0.25) is 14.6 Å². The van der Waals surface area contributed by atoms with Gasteiger partial charge in [-0.1, -0.05) is 31.5 Å². The van der Waals surface area contributed by atoms with E-state index in [0.717, 1.165) is 12.0 Å². The highest BCUT2D eigenvalue weighted by Crippen LogP contribution is 2.11. The monoisotopic (exact) mass is 325 g/mol. The number of nitrogens with zero attached hydrogens (tertiary/aromatic N) is 1. The summed E-state index contributed by atoms with van der Waals surface area (Å²) < 4.78 is 0. The number of benzene rings is 1. The number of anilines is 1. The number of nitrogens with one attached hydrogen (secondary N) is 2. The van der Waals surface area contributed by atoms with E-state index in [4.69, 9.17) is 0 Å². The van der Waals surface area contributed by atoms with Crippen LogP contribution in [0.25, 0.3) is 0 Å². The Kier molecular flexibility index (Phi) is 6.07. The standard InChI is InChI=1S/C19H23N3O2/c1-13(2)8-10-21-19(24)17-12-15(9-11-20-17)18(23)22-16-6-4-14(3)5-7-16/h4-7,9,11-13H,8,10H2,1-3H3,(H,21,24)(H,22,23). The first-order chi connectivity index (χ1) is 11.5. The van der Waals surface area contributed by atoms with Crippen molar-refractivity contribution in [3.8, 4) is 0 Å². The summed E-state index contributed by atoms with van der Waals surface area (Å²) in [6, 6.07) is 10.6. The van der Waals surface area contributed by atoms with Crippen LogP contribution in [-0.4, -0.2) is 23.3 Å². The van der Waals surface area contributed by atoms with Crippen LogP contribution in [0.15, 0.2) is 42.6 Å². The Balaban J connectivity index is 2.02. The van der Waals surface area contributed by atoms with Crippen molar-refractivity contribution in [2.45, 2.75) is 27.2 Å². The second-order valence-electron chi connectivity index (χ2n) is 6.19. The van der Waals surface area contributed by atoms with E-state index in [1.54, 1.807) is 6.07 Å². The molecule has 0 radical (unpaired) electrons. The molecule has 0 saturated carbocycles. The number of aryl methyl sites for hydroxylation is 1. The summed E-state index contributed by atoms with van der Waals surface area (Å²) >= 11 is 0. The van der Waals surface area contributed by atoms with Crippen LogP contribution in [0.1, 0.15) is 46.7 Å². The van der Waals surface area contributed by atoms with Crippen molar-refractivity contribution in [3.63, 3.8) is 0 Å². The fraction of sp³-hybridized carbons (Fsp3) is 0.316. The quantitative estimate of drug-likeness (QED) is 0.855. The molecule has 0 fully saturated rings. The summed E-state index contributed by atoms with van der Waals surface area (Å²) in [5, 5.41) is 5.63. The van der Waals surface area contributed by atoms with Gasteiger partial charge in [0.15, 0.2) is 0 Å². The Morgan fingerprint density at radius 3 is 2.46 bits per heavy atom. The summed E-state index contributed by atoms with van der Waals surface area (Å²) in [6.45, 7) is 6.78. The van der Waals surface area contributed by atoms with Crippen molar-refractivity contribution in [3.05, 3.63) is 59.4 Å². The minimum atomic E-state index is -0.266. The van der Waals surface area contributed by atoms with Crippen molar-refractivity contribution in [1.29, 1.82) is 0 Å². The van der Waals surface area contributed by atoms with E-state index in [-0.39, 0.29) is 17.5 Å². The topological polar surface area (TPSA) is 71.1 Å². The van der Waals surface area contributed by atoms with Gasteiger partial charge in [0.1, 0.15) is 5.69 Å². The van der Waals surface area contributed by atoms with E-state index in [1.807, 2.05) is 31.2 Å². The fourth-order valence-electron chi connectivity index (χ4n) is 2.10. The highest BCUT2D eigenvalue weighted by atomic mass is 16.2. The number of hydrogen-bond acceptors (Lipinski definition) is 3. The number of hydrogen-bond donors (Lipinski definition) is 2. The van der Waals surface area contributed by atoms with Crippen LogP contribution in [0, 0.1) is 12.8 Å². The molecule has 2 amide bonds. The van der Waals surface area contributed by atoms with Gasteiger partial charge >= 0.3 is 0 Å². The molecule has 1 heterocycles. The maximum Gasteiger partial charge on any atom is 0.269 e. The number of pyridine rings is 1. The molecule has 24 heavy (non-hydrogen) atoms. The minimum absolute atomic E-state index is 0.246. The van der Waals surface area contributed by atoms with E-state index >= 15 is 0 Å². The first kappa shape index (κ1) is 17.7. The van der Waals surface area contributed by atoms with Gasteiger partial charge in [-0.2, -0.15) is 0 Å². The maximum atomic E-state index is 12.3. The molecule has 2 N–H and O–H groups in total. The number of aromatic nitrogens is 1. The molecular formula is C19H23N3O2. The lowest BCUT2D eigenvalue weighted by Gasteiger charge is -2.08. The van der Waals surface area contributed by atoms with Crippen LogP contribution in [0.4, 0.5) is 5.69 Å². The van der Waals surface area contributed by atoms with Crippen LogP contribution in [0.3, 0.4) is 0 Å². The maximum absolute atomic E-state index is 12.3. The summed E-state index contributed by atoms with van der Waals surface area (Å²) in [7, 11) is 0. The number of carbonyl (C=O) groups is 2. The smallest absolute Gasteiger partial charge is 0.269 e. The van der Waals surface area contributed by atoms with Crippen molar-refractivity contribution >= 4 is 17.5 Å². The Morgan fingerprint density at radius 1 is 1.08 bits per heavy atom. The molecule has 0 aliphatic heterocycles. The molecule has 0 saturated heterocycles. The molecule has 0 aliphatic carbocycles. The van der Waals surface area contributed by atoms with Crippen molar-refractivity contribution < 1.29 is 9.59 Å². The zero-order chi connectivity index (χ0) is 17.5. The molecule has 5 heteroatoms. The van der Waals surface area contributed by atoms with E-state index in [9.17, 15) is 9.59 Å². The van der Waals surface area contributed by atoms with Gasteiger partial charge in [-0.15, -0.1) is 0 Å². The Labute approximate surface area is 142 Å². The predicted molar refractivity (Wildman–Crippen MR) is 95.2 cm³/mol. The zero-order valence-corrected chi connectivity index (χ0v) is 14.3. The van der Waals surface area contributed by atoms with Crippen LogP contribution in [0.5, 0.6) is 0 Å². The van der Waals surface area contributed by atoms with Gasteiger partial charge < -0.3 is 10.6 Å². The number of rotatable bonds is 6. The van der Waals surface area contributed by atoms with Crippen molar-refractivity contribution in [1.82, 2.24) is 10.3 Å². The third-order valence-corrected chi connectivity index (χ3v) is 3.57. The van der Waals surface area contributed by atoms with Crippen LogP contribution in [-0.2, 0) is 0 Å². The molecule has 0 bridgehead atoms. The number of amides is 2. The average Bonchev–Trinajstić information content (AvgIpc) is 2.56. The Bertz CT molecular complexity index is 709. The second-order valence-corrected chi connectivity index (χ2v) is 6.19. The van der Waals surface area contributed by atoms with E-state index in [1.165, 1.54) is 12.3 Å². The Morgan fingerprint density at radius 2 is 1.79 bits per heavy atom. The van der Waals surface area contributed by atoms with Gasteiger partial charge in [0.05, 0.1) is 0 Å². The lowest BCUT2D eigenvalue weighted by molar-refractivity contribution is 0.0947. The summed E-state index contributed by atoms with van der Waals surface area (Å²) in [6.07, 6.45) is 2.38. The predicted octanol–water partition coefficient (Wildman–Crippen LogP) is 3.42. The molecule has 0 spiro atoms. The third-order valence-electron chi connectivity index (χ3n) is 3.57. The molecule has 1 aromatic carbocycles. The molecule has 2 rings (SSSR count). The first-order valence-electron chi connectivity index (χ1n) is 8.08. The van der Waals surface area contributed by atoms with Crippen LogP contribution < -0.4 is 10.6 Å². The van der Waals surface area contributed by atoms with E-state index < -0.39 is 0 Å². The van der Waals surface area contributed by atoms with Gasteiger partial charge in [-0.25, -0.2) is 0 Å². The molecule has 0 atom stereocenters. The third kappa shape index (κ3) is 5.19. The van der Waals surface area contributed by atoms with Gasteiger partial charge in [0, 0.05) is 24.0 Å². The van der Waals surface area contributed by atoms with Crippen LogP contribution >= 0.6 is 0 Å². The molecule has 0 aliphatic rings. The fourth-order valence-corrected chi connectivity index (χ4v) is 2.10. The lowest BCUT2D eigenvalue weighted by Crippen LogP contribution is -2.26. The summed E-state index contributed by atoms with van der Waals surface area (Å²) in [4.78, 5) is 28.4. The Hall–Kier alpha value is -2.69. The van der Waals surface area contributed by atoms with Gasteiger partial charge in [0.2, 0.25) is 0 Å². The SMILES string of the molecule is Cc1ccc(NC(=O)c2ccnc(C(=O)NCCC(C)C)c2)cc1. The van der Waals surface area contributed by atoms with Gasteiger partial charge in [0.25, 0.3) is 11.8 Å². The normalized spacial score (nSPS) is 10.5. The van der Waals surface area contributed by atoms with Gasteiger partial charge in [-0.05, 0) is 43.5 Å². The second kappa shape index (κ2) is 8.24. The largest absolute Gasteiger partial charge is 0.351 e. The highest BCUT2D eigenvalue weighted by Gasteiger charge is 2.12. The minimum Gasteiger partial charge on any atom is -0.351 e. The average molecular weight is 325 g/mol. The van der Waals surface area contributed by atoms with Crippen molar-refractivity contribution in [2.75, 3.05) is 11.9 Å².